The van der Waals surface area contributed by atoms with Crippen molar-refractivity contribution in [2.45, 2.75) is 57.8 Å². The number of pyridine rings is 1. The van der Waals surface area contributed by atoms with Crippen LogP contribution in [0.25, 0.3) is 44.2 Å². The molecule has 0 aliphatic carbocycles. The van der Waals surface area contributed by atoms with E-state index in [0.29, 0.717) is 11.5 Å². The Morgan fingerprint density at radius 3 is 1.71 bits per heavy atom. The van der Waals surface area contributed by atoms with Crippen molar-refractivity contribution in [1.82, 2.24) is 19.3 Å². The summed E-state index contributed by atoms with van der Waals surface area (Å²) in [4.78, 5) is 5.04. The molecule has 0 N–H and O–H groups in total. The fourth-order valence-electron chi connectivity index (χ4n) is 8.88. The van der Waals surface area contributed by atoms with Crippen molar-refractivity contribution in [2.24, 2.45) is 0 Å². The van der Waals surface area contributed by atoms with Crippen molar-refractivity contribution < 1.29 is 25.8 Å². The normalized spacial score (nSPS) is 12.2. The molecule has 0 aliphatic rings. The SMILES string of the molecule is CC(C)(c1ccccc1)c1cc(Oc2[c-]c3c(cc2)c2cc(C(C)(C)c4ccccc4)ccc2n3-c2cc(C(C)(C)c3ccccc3)ccn2)[c-]c(-n2cc3ccccc3n2)c1.[Pt+2]. The van der Waals surface area contributed by atoms with Crippen LogP contribution in [0.1, 0.15) is 74.9 Å². The molecule has 63 heavy (non-hydrogen) atoms. The van der Waals surface area contributed by atoms with Crippen LogP contribution in [0, 0.1) is 12.1 Å². The second-order valence-electron chi connectivity index (χ2n) is 17.9. The first kappa shape index (κ1) is 41.8. The summed E-state index contributed by atoms with van der Waals surface area (Å²) in [6.45, 7) is 13.6. The Morgan fingerprint density at radius 1 is 0.492 bits per heavy atom. The van der Waals surface area contributed by atoms with Crippen molar-refractivity contribution in [3.63, 3.8) is 0 Å². The number of nitrogens with zero attached hydrogens (tertiary/aromatic N) is 4. The Morgan fingerprint density at radius 2 is 1.08 bits per heavy atom. The number of hydrogen-bond acceptors (Lipinski definition) is 3. The fraction of sp³-hybridized carbons (Fsp3) is 0.158. The van der Waals surface area contributed by atoms with Gasteiger partial charge in [-0.05, 0) is 68.6 Å². The Labute approximate surface area is 384 Å². The summed E-state index contributed by atoms with van der Waals surface area (Å²) in [6.07, 6.45) is 3.98. The van der Waals surface area contributed by atoms with E-state index in [2.05, 4.69) is 210 Å². The minimum Gasteiger partial charge on any atom is -0.509 e. The molecule has 3 heterocycles. The van der Waals surface area contributed by atoms with Gasteiger partial charge in [0.05, 0.1) is 5.52 Å². The Bertz CT molecular complexity index is 3200. The molecule has 0 saturated carbocycles. The predicted octanol–water partition coefficient (Wildman–Crippen LogP) is 13.9. The summed E-state index contributed by atoms with van der Waals surface area (Å²) in [5.41, 5.74) is 10.0. The van der Waals surface area contributed by atoms with Gasteiger partial charge in [-0.1, -0.05) is 168 Å². The molecule has 0 aliphatic heterocycles. The molecule has 0 radical (unpaired) electrons. The molecule has 10 rings (SSSR count). The van der Waals surface area contributed by atoms with Gasteiger partial charge in [0, 0.05) is 45.6 Å². The van der Waals surface area contributed by atoms with Crippen LogP contribution in [-0.4, -0.2) is 19.3 Å². The van der Waals surface area contributed by atoms with Crippen molar-refractivity contribution in [3.05, 3.63) is 228 Å². The van der Waals surface area contributed by atoms with E-state index in [1.165, 1.54) is 27.8 Å². The zero-order valence-corrected chi connectivity index (χ0v) is 38.6. The van der Waals surface area contributed by atoms with E-state index in [1.807, 2.05) is 35.1 Å². The third-order valence-electron chi connectivity index (χ3n) is 13.0. The third kappa shape index (κ3) is 7.59. The Kier molecular flexibility index (Phi) is 10.8. The molecule has 0 fully saturated rings. The molecule has 0 bridgehead atoms. The van der Waals surface area contributed by atoms with Crippen molar-refractivity contribution in [1.29, 1.82) is 0 Å². The van der Waals surface area contributed by atoms with Crippen molar-refractivity contribution in [2.75, 3.05) is 0 Å². The van der Waals surface area contributed by atoms with Crippen LogP contribution in [0.4, 0.5) is 0 Å². The molecule has 7 aromatic carbocycles. The third-order valence-corrected chi connectivity index (χ3v) is 13.0. The number of fused-ring (bicyclic) bond motifs is 4. The molecule has 312 valence electrons. The van der Waals surface area contributed by atoms with Gasteiger partial charge >= 0.3 is 21.1 Å². The molecule has 10 aromatic rings. The Hall–Kier alpha value is -6.55. The van der Waals surface area contributed by atoms with Crippen molar-refractivity contribution in [3.8, 4) is 23.0 Å². The zero-order chi connectivity index (χ0) is 42.6. The molecular formula is C57H48N4OPt. The summed E-state index contributed by atoms with van der Waals surface area (Å²) in [7, 11) is 0. The summed E-state index contributed by atoms with van der Waals surface area (Å²) in [6, 6.07) is 67.1. The van der Waals surface area contributed by atoms with Crippen LogP contribution < -0.4 is 4.74 Å². The first-order valence-corrected chi connectivity index (χ1v) is 21.3. The first-order chi connectivity index (χ1) is 30.0. The second-order valence-corrected chi connectivity index (χ2v) is 17.9. The van der Waals surface area contributed by atoms with E-state index in [-0.39, 0.29) is 37.3 Å². The van der Waals surface area contributed by atoms with E-state index in [9.17, 15) is 0 Å². The Balaban J connectivity index is 0.00000504. The maximum absolute atomic E-state index is 6.87. The van der Waals surface area contributed by atoms with Gasteiger partial charge in [-0.3, -0.25) is 4.68 Å². The maximum Gasteiger partial charge on any atom is 2.00 e. The number of rotatable bonds is 10. The van der Waals surface area contributed by atoms with Gasteiger partial charge in [-0.15, -0.1) is 41.3 Å². The summed E-state index contributed by atoms with van der Waals surface area (Å²) >= 11 is 0. The second kappa shape index (κ2) is 16.3. The van der Waals surface area contributed by atoms with Gasteiger partial charge in [0.25, 0.3) is 0 Å². The van der Waals surface area contributed by atoms with Crippen LogP contribution >= 0.6 is 0 Å². The molecule has 6 heteroatoms. The zero-order valence-electron chi connectivity index (χ0n) is 36.3. The first-order valence-electron chi connectivity index (χ1n) is 21.3. The minimum atomic E-state index is -0.342. The maximum atomic E-state index is 6.87. The van der Waals surface area contributed by atoms with Gasteiger partial charge in [-0.25, -0.2) is 4.98 Å². The standard InChI is InChI=1S/C57H48N4O.Pt/c1-55(2,40-19-10-7-11-20-40)43-26-29-52-50(34-43)49-28-27-47(37-53(49)61(52)54-35-44(30-31-58-54)56(3,4)41-21-12-8-13-22-41)62-48-33-45(57(5,6)42-23-14-9-15-24-42)32-46(36-48)60-38-39-18-16-17-25-51(39)59-60;/h7-35,38H,1-6H3;/q-2;+2. The largest absolute Gasteiger partial charge is 2.00 e. The topological polar surface area (TPSA) is 44.9 Å². The van der Waals surface area contributed by atoms with Crippen LogP contribution in [0.15, 0.2) is 182 Å². The van der Waals surface area contributed by atoms with Gasteiger partial charge in [-0.2, -0.15) is 11.2 Å². The molecule has 0 unspecified atom stereocenters. The van der Waals surface area contributed by atoms with Gasteiger partial charge < -0.3 is 9.30 Å². The fourth-order valence-corrected chi connectivity index (χ4v) is 8.88. The molecular weight excluding hydrogens is 952 g/mol. The van der Waals surface area contributed by atoms with E-state index in [1.54, 1.807) is 0 Å². The van der Waals surface area contributed by atoms with Gasteiger partial charge in [0.15, 0.2) is 0 Å². The van der Waals surface area contributed by atoms with Gasteiger partial charge in [0.1, 0.15) is 5.82 Å². The molecule has 0 spiro atoms. The van der Waals surface area contributed by atoms with Crippen molar-refractivity contribution >= 4 is 32.7 Å². The molecule has 0 saturated heterocycles. The molecule has 0 amide bonds. The van der Waals surface area contributed by atoms with Crippen LogP contribution in [0.3, 0.4) is 0 Å². The van der Waals surface area contributed by atoms with Gasteiger partial charge in [0.2, 0.25) is 0 Å². The average Bonchev–Trinajstić information content (AvgIpc) is 3.89. The van der Waals surface area contributed by atoms with Crippen LogP contribution in [-0.2, 0) is 37.3 Å². The average molecular weight is 1000 g/mol. The van der Waals surface area contributed by atoms with Crippen LogP contribution in [0.2, 0.25) is 0 Å². The number of ether oxygens (including phenoxy) is 1. The van der Waals surface area contributed by atoms with E-state index in [4.69, 9.17) is 14.8 Å². The summed E-state index contributed by atoms with van der Waals surface area (Å²) in [5.74, 6) is 1.98. The summed E-state index contributed by atoms with van der Waals surface area (Å²) in [5, 5.41) is 8.19. The predicted molar refractivity (Wildman–Crippen MR) is 253 cm³/mol. The number of hydrogen-bond donors (Lipinski definition) is 0. The van der Waals surface area contributed by atoms with Crippen LogP contribution in [0.5, 0.6) is 11.5 Å². The monoisotopic (exact) mass is 999 g/mol. The van der Waals surface area contributed by atoms with E-state index in [0.717, 1.165) is 49.8 Å². The number of benzene rings is 7. The minimum absolute atomic E-state index is 0. The summed E-state index contributed by atoms with van der Waals surface area (Å²) < 4.78 is 11.0. The molecule has 0 atom stereocenters. The van der Waals surface area contributed by atoms with E-state index >= 15 is 0 Å². The molecule has 5 nitrogen and oxygen atoms in total. The van der Waals surface area contributed by atoms with E-state index < -0.39 is 0 Å². The smallest absolute Gasteiger partial charge is 0.509 e. The number of aromatic nitrogens is 4. The quantitative estimate of drug-likeness (QED) is 0.128. The molecule has 3 aromatic heterocycles.